The second kappa shape index (κ2) is 7.73. The van der Waals surface area contributed by atoms with Crippen molar-refractivity contribution < 1.29 is 14.0 Å². The van der Waals surface area contributed by atoms with Gasteiger partial charge in [0.25, 0.3) is 0 Å². The molecule has 27 heavy (non-hydrogen) atoms. The first-order valence-corrected chi connectivity index (χ1v) is 8.94. The fourth-order valence-corrected chi connectivity index (χ4v) is 3.38. The van der Waals surface area contributed by atoms with Crippen LogP contribution in [0.25, 0.3) is 0 Å². The molecule has 2 amide bonds. The van der Waals surface area contributed by atoms with Crippen LogP contribution in [0.2, 0.25) is 0 Å². The summed E-state index contributed by atoms with van der Waals surface area (Å²) in [5.74, 6) is -0.989. The van der Waals surface area contributed by atoms with Gasteiger partial charge >= 0.3 is 11.8 Å². The molecule has 3 N–H and O–H groups in total. The average Bonchev–Trinajstić information content (AvgIpc) is 2.65. The summed E-state index contributed by atoms with van der Waals surface area (Å²) in [6, 6.07) is 7.51. The standard InChI is InChI=1S/C20H23FN4O2/c1-12-3-8-17(14-4-6-15(21)7-5-14)25(11-12)20(27)19(26)24-16-9-13(2)18(22)23-10-16/h4-7,9-10,12,17H,3,8,11H2,1-2H3,(H2,22,23)(H,24,26)/t12-,17?/m0/s1. The lowest BCUT2D eigenvalue weighted by atomic mass is 9.90. The van der Waals surface area contributed by atoms with E-state index < -0.39 is 11.8 Å². The average molecular weight is 370 g/mol. The number of benzene rings is 1. The third-order valence-electron chi connectivity index (χ3n) is 4.90. The molecule has 6 nitrogen and oxygen atoms in total. The maximum atomic E-state index is 13.2. The van der Waals surface area contributed by atoms with Crippen LogP contribution in [-0.2, 0) is 9.59 Å². The molecule has 2 aromatic rings. The molecule has 1 aliphatic heterocycles. The number of rotatable bonds is 2. The van der Waals surface area contributed by atoms with Crippen molar-refractivity contribution in [1.82, 2.24) is 9.88 Å². The van der Waals surface area contributed by atoms with Crippen molar-refractivity contribution in [3.63, 3.8) is 0 Å². The number of hydrogen-bond donors (Lipinski definition) is 2. The second-order valence-electron chi connectivity index (χ2n) is 7.09. The predicted molar refractivity (Wildman–Crippen MR) is 101 cm³/mol. The molecule has 1 fully saturated rings. The number of nitrogens with two attached hydrogens (primary N) is 1. The van der Waals surface area contributed by atoms with Crippen molar-refractivity contribution >= 4 is 23.3 Å². The Kier molecular flexibility index (Phi) is 5.39. The van der Waals surface area contributed by atoms with Crippen LogP contribution in [0.1, 0.15) is 36.9 Å². The molecule has 0 spiro atoms. The van der Waals surface area contributed by atoms with Gasteiger partial charge in [-0.1, -0.05) is 19.1 Å². The molecule has 1 aromatic carbocycles. The molecule has 0 aliphatic carbocycles. The topological polar surface area (TPSA) is 88.3 Å². The molecule has 2 heterocycles. The largest absolute Gasteiger partial charge is 0.383 e. The minimum atomic E-state index is -0.720. The number of hydrogen-bond acceptors (Lipinski definition) is 4. The van der Waals surface area contributed by atoms with Crippen LogP contribution in [0, 0.1) is 18.7 Å². The Hall–Kier alpha value is -2.96. The van der Waals surface area contributed by atoms with Gasteiger partial charge in [0.05, 0.1) is 17.9 Å². The molecule has 0 bridgehead atoms. The number of piperidine rings is 1. The molecule has 1 aliphatic rings. The van der Waals surface area contributed by atoms with Gasteiger partial charge in [-0.05, 0) is 55.0 Å². The van der Waals surface area contributed by atoms with Gasteiger partial charge in [-0.2, -0.15) is 0 Å². The first kappa shape index (κ1) is 18.8. The zero-order chi connectivity index (χ0) is 19.6. The molecule has 0 radical (unpaired) electrons. The number of halogens is 1. The number of aromatic nitrogens is 1. The van der Waals surface area contributed by atoms with Gasteiger partial charge in [0.2, 0.25) is 0 Å². The first-order valence-electron chi connectivity index (χ1n) is 8.94. The Labute approximate surface area is 157 Å². The van der Waals surface area contributed by atoms with E-state index in [4.69, 9.17) is 5.73 Å². The minimum Gasteiger partial charge on any atom is -0.383 e. The minimum absolute atomic E-state index is 0.244. The van der Waals surface area contributed by atoms with Gasteiger partial charge in [-0.3, -0.25) is 9.59 Å². The summed E-state index contributed by atoms with van der Waals surface area (Å²) in [4.78, 5) is 30.9. The molecule has 7 heteroatoms. The van der Waals surface area contributed by atoms with E-state index in [2.05, 4.69) is 10.3 Å². The first-order chi connectivity index (χ1) is 12.8. The number of likely N-dealkylation sites (tertiary alicyclic amines) is 1. The van der Waals surface area contributed by atoms with Crippen molar-refractivity contribution in [3.8, 4) is 0 Å². The second-order valence-corrected chi connectivity index (χ2v) is 7.09. The van der Waals surface area contributed by atoms with Gasteiger partial charge in [0.1, 0.15) is 11.6 Å². The van der Waals surface area contributed by atoms with Crippen LogP contribution in [0.5, 0.6) is 0 Å². The summed E-state index contributed by atoms with van der Waals surface area (Å²) < 4.78 is 13.2. The summed E-state index contributed by atoms with van der Waals surface area (Å²) in [6.07, 6.45) is 3.09. The Morgan fingerprint density at radius 3 is 2.63 bits per heavy atom. The highest BCUT2D eigenvalue weighted by Gasteiger charge is 2.34. The normalized spacial score (nSPS) is 19.6. The Bertz CT molecular complexity index is 854. The van der Waals surface area contributed by atoms with Crippen LogP contribution in [-0.4, -0.2) is 28.2 Å². The number of anilines is 2. The fourth-order valence-electron chi connectivity index (χ4n) is 3.38. The van der Waals surface area contributed by atoms with Gasteiger partial charge in [-0.15, -0.1) is 0 Å². The number of nitrogens with one attached hydrogen (secondary N) is 1. The van der Waals surface area contributed by atoms with Crippen molar-refractivity contribution in [2.24, 2.45) is 5.92 Å². The van der Waals surface area contributed by atoms with Gasteiger partial charge in [0.15, 0.2) is 0 Å². The van der Waals surface area contributed by atoms with Crippen LogP contribution in [0.4, 0.5) is 15.9 Å². The highest BCUT2D eigenvalue weighted by atomic mass is 19.1. The molecule has 1 unspecified atom stereocenters. The van der Waals surface area contributed by atoms with E-state index in [1.807, 2.05) is 6.92 Å². The Morgan fingerprint density at radius 2 is 1.96 bits per heavy atom. The molecule has 2 atom stereocenters. The van der Waals surface area contributed by atoms with Crippen LogP contribution < -0.4 is 11.1 Å². The zero-order valence-corrected chi connectivity index (χ0v) is 15.4. The third kappa shape index (κ3) is 4.24. The number of carbonyl (C=O) groups excluding carboxylic acids is 2. The third-order valence-corrected chi connectivity index (χ3v) is 4.90. The highest BCUT2D eigenvalue weighted by Crippen LogP contribution is 2.33. The van der Waals surface area contributed by atoms with Crippen molar-refractivity contribution in [2.75, 3.05) is 17.6 Å². The van der Waals surface area contributed by atoms with Gasteiger partial charge < -0.3 is 16.0 Å². The van der Waals surface area contributed by atoms with E-state index in [0.717, 1.165) is 24.0 Å². The summed E-state index contributed by atoms with van der Waals surface area (Å²) in [5, 5.41) is 2.59. The highest BCUT2D eigenvalue weighted by molar-refractivity contribution is 6.39. The number of amides is 2. The van der Waals surface area contributed by atoms with E-state index >= 15 is 0 Å². The van der Waals surface area contributed by atoms with E-state index in [-0.39, 0.29) is 11.9 Å². The molecule has 1 aromatic heterocycles. The molecule has 142 valence electrons. The Morgan fingerprint density at radius 1 is 1.26 bits per heavy atom. The number of pyridine rings is 1. The lowest BCUT2D eigenvalue weighted by Crippen LogP contribution is -2.46. The number of carbonyl (C=O) groups is 2. The van der Waals surface area contributed by atoms with E-state index in [1.54, 1.807) is 30.0 Å². The van der Waals surface area contributed by atoms with E-state index in [9.17, 15) is 14.0 Å². The number of nitrogen functional groups attached to an aromatic ring is 1. The Balaban J connectivity index is 1.79. The lowest BCUT2D eigenvalue weighted by Gasteiger charge is -2.38. The van der Waals surface area contributed by atoms with Crippen LogP contribution in [0.15, 0.2) is 36.5 Å². The van der Waals surface area contributed by atoms with E-state index in [0.29, 0.717) is 24.0 Å². The summed E-state index contributed by atoms with van der Waals surface area (Å²) in [7, 11) is 0. The van der Waals surface area contributed by atoms with Crippen LogP contribution in [0.3, 0.4) is 0 Å². The van der Waals surface area contributed by atoms with E-state index in [1.165, 1.54) is 18.3 Å². The SMILES string of the molecule is Cc1cc(NC(=O)C(=O)N2C[C@@H](C)CCC2c2ccc(F)cc2)cnc1N. The lowest BCUT2D eigenvalue weighted by molar-refractivity contribution is -0.146. The number of nitrogens with zero attached hydrogens (tertiary/aromatic N) is 2. The van der Waals surface area contributed by atoms with Crippen molar-refractivity contribution in [2.45, 2.75) is 32.7 Å². The number of aryl methyl sites for hydroxylation is 1. The molecular formula is C20H23FN4O2. The monoisotopic (exact) mass is 370 g/mol. The summed E-state index contributed by atoms with van der Waals surface area (Å²) in [5.41, 5.74) is 7.65. The zero-order valence-electron chi connectivity index (χ0n) is 15.4. The quantitative estimate of drug-likeness (QED) is 0.795. The van der Waals surface area contributed by atoms with Gasteiger partial charge in [-0.25, -0.2) is 9.37 Å². The summed E-state index contributed by atoms with van der Waals surface area (Å²) >= 11 is 0. The van der Waals surface area contributed by atoms with Crippen LogP contribution >= 0.6 is 0 Å². The molecule has 1 saturated heterocycles. The van der Waals surface area contributed by atoms with Crippen molar-refractivity contribution in [1.29, 1.82) is 0 Å². The maximum absolute atomic E-state index is 13.2. The van der Waals surface area contributed by atoms with Crippen molar-refractivity contribution in [3.05, 3.63) is 53.5 Å². The fraction of sp³-hybridized carbons (Fsp3) is 0.350. The predicted octanol–water partition coefficient (Wildman–Crippen LogP) is 3.05. The molecular weight excluding hydrogens is 347 g/mol. The molecule has 3 rings (SSSR count). The summed E-state index contributed by atoms with van der Waals surface area (Å²) in [6.45, 7) is 4.30. The smallest absolute Gasteiger partial charge is 0.313 e. The molecule has 0 saturated carbocycles. The maximum Gasteiger partial charge on any atom is 0.313 e. The van der Waals surface area contributed by atoms with Gasteiger partial charge in [0, 0.05) is 6.54 Å².